The molecule has 18 heavy (non-hydrogen) atoms. The number of nitrogens with zero attached hydrogens (tertiary/aromatic N) is 1. The van der Waals surface area contributed by atoms with E-state index in [2.05, 4.69) is 0 Å². The second-order valence-corrected chi connectivity index (χ2v) is 3.67. The van der Waals surface area contributed by atoms with Crippen LogP contribution in [0.3, 0.4) is 0 Å². The highest BCUT2D eigenvalue weighted by atomic mass is 16.5. The number of hydrogen-bond donors (Lipinski definition) is 0. The molecule has 2 aromatic heterocycles. The first-order valence-corrected chi connectivity index (χ1v) is 5.60. The molecule has 0 aromatic carbocycles. The van der Waals surface area contributed by atoms with E-state index in [0.29, 0.717) is 24.6 Å². The van der Waals surface area contributed by atoms with Crippen LogP contribution < -0.4 is 0 Å². The topological polar surface area (TPSA) is 61.4 Å². The number of aromatic nitrogens is 1. The summed E-state index contributed by atoms with van der Waals surface area (Å²) in [6.45, 7) is 2.44. The molecule has 0 aliphatic carbocycles. The van der Waals surface area contributed by atoms with E-state index in [4.69, 9.17) is 9.15 Å². The average molecular weight is 247 g/mol. The van der Waals surface area contributed by atoms with Crippen molar-refractivity contribution < 1.29 is 18.7 Å². The van der Waals surface area contributed by atoms with E-state index in [1.165, 1.54) is 0 Å². The third-order valence-electron chi connectivity index (χ3n) is 2.45. The number of aldehydes is 1. The maximum Gasteiger partial charge on any atom is 0.374 e. The van der Waals surface area contributed by atoms with E-state index in [-0.39, 0.29) is 5.76 Å². The molecule has 2 heterocycles. The summed E-state index contributed by atoms with van der Waals surface area (Å²) in [7, 11) is 0. The van der Waals surface area contributed by atoms with Crippen molar-refractivity contribution >= 4 is 12.3 Å². The van der Waals surface area contributed by atoms with Crippen molar-refractivity contribution in [3.8, 4) is 0 Å². The Kier molecular flexibility index (Phi) is 3.62. The molecule has 0 amide bonds. The summed E-state index contributed by atoms with van der Waals surface area (Å²) in [5.41, 5.74) is 0.559. The van der Waals surface area contributed by atoms with Crippen molar-refractivity contribution in [1.29, 1.82) is 0 Å². The smallest absolute Gasteiger partial charge is 0.374 e. The van der Waals surface area contributed by atoms with Crippen LogP contribution in [0.2, 0.25) is 0 Å². The van der Waals surface area contributed by atoms with Gasteiger partial charge < -0.3 is 13.7 Å². The van der Waals surface area contributed by atoms with Gasteiger partial charge in [-0.1, -0.05) is 0 Å². The number of furan rings is 1. The first-order chi connectivity index (χ1) is 8.74. The lowest BCUT2D eigenvalue weighted by atomic mass is 10.4. The van der Waals surface area contributed by atoms with Crippen molar-refractivity contribution in [3.05, 3.63) is 47.7 Å². The Morgan fingerprint density at radius 2 is 2.28 bits per heavy atom. The van der Waals surface area contributed by atoms with Gasteiger partial charge in [0.15, 0.2) is 6.29 Å². The minimum Gasteiger partial charge on any atom is -0.460 e. The maximum absolute atomic E-state index is 11.4. The lowest BCUT2D eigenvalue weighted by Crippen LogP contribution is -2.03. The van der Waals surface area contributed by atoms with E-state index in [1.807, 2.05) is 0 Å². The predicted octanol–water partition coefficient (Wildman–Crippen LogP) is 2.12. The molecular weight excluding hydrogens is 234 g/mol. The molecule has 0 aliphatic heterocycles. The Morgan fingerprint density at radius 3 is 3.00 bits per heavy atom. The van der Waals surface area contributed by atoms with Gasteiger partial charge in [-0.25, -0.2) is 4.79 Å². The Balaban J connectivity index is 2.11. The summed E-state index contributed by atoms with van der Waals surface area (Å²) < 4.78 is 11.9. The average Bonchev–Trinajstić information content (AvgIpc) is 2.99. The Bertz CT molecular complexity index is 553. The van der Waals surface area contributed by atoms with Crippen molar-refractivity contribution in [3.63, 3.8) is 0 Å². The van der Waals surface area contributed by atoms with Gasteiger partial charge in [-0.2, -0.15) is 0 Å². The quantitative estimate of drug-likeness (QED) is 0.599. The van der Waals surface area contributed by atoms with Gasteiger partial charge in [-0.3, -0.25) is 4.79 Å². The molecule has 0 bridgehead atoms. The van der Waals surface area contributed by atoms with Gasteiger partial charge in [0, 0.05) is 6.20 Å². The molecule has 0 atom stereocenters. The number of hydrogen-bond acceptors (Lipinski definition) is 4. The van der Waals surface area contributed by atoms with E-state index in [0.717, 1.165) is 6.29 Å². The molecule has 2 rings (SSSR count). The zero-order valence-corrected chi connectivity index (χ0v) is 9.96. The van der Waals surface area contributed by atoms with Crippen LogP contribution in [-0.4, -0.2) is 23.4 Å². The zero-order valence-electron chi connectivity index (χ0n) is 9.96. The summed E-state index contributed by atoms with van der Waals surface area (Å²) in [4.78, 5) is 22.2. The summed E-state index contributed by atoms with van der Waals surface area (Å²) in [5, 5.41) is 0. The molecule has 0 saturated carbocycles. The Hall–Kier alpha value is -2.30. The van der Waals surface area contributed by atoms with Gasteiger partial charge in [-0.15, -0.1) is 0 Å². The van der Waals surface area contributed by atoms with Crippen molar-refractivity contribution in [2.24, 2.45) is 0 Å². The van der Waals surface area contributed by atoms with Crippen LogP contribution in [-0.2, 0) is 11.3 Å². The molecule has 2 aromatic rings. The standard InChI is InChI=1S/C13H13NO4/c1-2-17-13(16)12-6-5-11(18-12)8-14-7-3-4-10(14)9-15/h3-7,9H,2,8H2,1H3. The summed E-state index contributed by atoms with van der Waals surface area (Å²) in [6.07, 6.45) is 2.55. The highest BCUT2D eigenvalue weighted by Gasteiger charge is 2.12. The monoisotopic (exact) mass is 247 g/mol. The minimum atomic E-state index is -0.480. The fraction of sp³-hybridized carbons (Fsp3) is 0.231. The molecule has 94 valence electrons. The van der Waals surface area contributed by atoms with E-state index < -0.39 is 5.97 Å². The Labute approximate surface area is 104 Å². The molecule has 0 saturated heterocycles. The fourth-order valence-corrected chi connectivity index (χ4v) is 1.62. The van der Waals surface area contributed by atoms with Gasteiger partial charge >= 0.3 is 5.97 Å². The third kappa shape index (κ3) is 2.51. The zero-order chi connectivity index (χ0) is 13.0. The number of rotatable bonds is 5. The van der Waals surface area contributed by atoms with E-state index >= 15 is 0 Å². The van der Waals surface area contributed by atoms with Gasteiger partial charge in [0.2, 0.25) is 5.76 Å². The van der Waals surface area contributed by atoms with Crippen LogP contribution in [0, 0.1) is 0 Å². The molecule has 0 aliphatic rings. The summed E-state index contributed by atoms with van der Waals surface area (Å²) in [5.74, 6) is 0.288. The SMILES string of the molecule is CCOC(=O)c1ccc(Cn2cccc2C=O)o1. The van der Waals surface area contributed by atoms with Crippen LogP contribution in [0.15, 0.2) is 34.9 Å². The number of carbonyl (C=O) groups is 2. The third-order valence-corrected chi connectivity index (χ3v) is 2.45. The molecule has 5 heteroatoms. The molecule has 0 unspecified atom stereocenters. The number of esters is 1. The first-order valence-electron chi connectivity index (χ1n) is 5.60. The van der Waals surface area contributed by atoms with Gasteiger partial charge in [-0.05, 0) is 31.2 Å². The normalized spacial score (nSPS) is 10.3. The molecule has 0 spiro atoms. The summed E-state index contributed by atoms with van der Waals surface area (Å²) in [6, 6.07) is 6.75. The highest BCUT2D eigenvalue weighted by Crippen LogP contribution is 2.12. The van der Waals surface area contributed by atoms with Gasteiger partial charge in [0.05, 0.1) is 18.8 Å². The van der Waals surface area contributed by atoms with Crippen LogP contribution in [0.4, 0.5) is 0 Å². The molecule has 0 fully saturated rings. The number of carbonyl (C=O) groups excluding carboxylic acids is 2. The van der Waals surface area contributed by atoms with Crippen LogP contribution in [0.25, 0.3) is 0 Å². The van der Waals surface area contributed by atoms with Crippen LogP contribution in [0.5, 0.6) is 0 Å². The predicted molar refractivity (Wildman–Crippen MR) is 63.6 cm³/mol. The largest absolute Gasteiger partial charge is 0.460 e. The van der Waals surface area contributed by atoms with E-state index in [1.54, 1.807) is 42.0 Å². The second-order valence-electron chi connectivity index (χ2n) is 3.67. The van der Waals surface area contributed by atoms with Gasteiger partial charge in [0.1, 0.15) is 5.76 Å². The first kappa shape index (κ1) is 12.2. The lowest BCUT2D eigenvalue weighted by molar-refractivity contribution is 0.0487. The van der Waals surface area contributed by atoms with Crippen LogP contribution in [0.1, 0.15) is 33.7 Å². The molecule has 0 radical (unpaired) electrons. The molecular formula is C13H13NO4. The lowest BCUT2D eigenvalue weighted by Gasteiger charge is -2.02. The summed E-state index contributed by atoms with van der Waals surface area (Å²) >= 11 is 0. The van der Waals surface area contributed by atoms with Crippen LogP contribution >= 0.6 is 0 Å². The van der Waals surface area contributed by atoms with E-state index in [9.17, 15) is 9.59 Å². The highest BCUT2D eigenvalue weighted by molar-refractivity contribution is 5.86. The molecule has 5 nitrogen and oxygen atoms in total. The van der Waals surface area contributed by atoms with Gasteiger partial charge in [0.25, 0.3) is 0 Å². The second kappa shape index (κ2) is 5.35. The Morgan fingerprint density at radius 1 is 1.44 bits per heavy atom. The minimum absolute atomic E-state index is 0.173. The van der Waals surface area contributed by atoms with Crippen molar-refractivity contribution in [1.82, 2.24) is 4.57 Å². The maximum atomic E-state index is 11.4. The van der Waals surface area contributed by atoms with Crippen molar-refractivity contribution in [2.75, 3.05) is 6.61 Å². The number of ether oxygens (including phenoxy) is 1. The molecule has 0 N–H and O–H groups in total. The van der Waals surface area contributed by atoms with Crippen molar-refractivity contribution in [2.45, 2.75) is 13.5 Å². The fourth-order valence-electron chi connectivity index (χ4n) is 1.62.